The predicted octanol–water partition coefficient (Wildman–Crippen LogP) is 0.447. The van der Waals surface area contributed by atoms with Gasteiger partial charge in [-0.15, -0.1) is 0 Å². The topological polar surface area (TPSA) is 122 Å². The molecule has 0 radical (unpaired) electrons. The molecular weight excluding hydrogens is 297 g/mol. The van der Waals surface area contributed by atoms with Gasteiger partial charge in [0.1, 0.15) is 16.9 Å². The molecule has 1 aromatic heterocycles. The molecule has 19 heavy (non-hydrogen) atoms. The molecule has 9 heteroatoms. The highest BCUT2D eigenvalue weighted by atomic mass is 35.5. The van der Waals surface area contributed by atoms with Crippen LogP contribution in [-0.4, -0.2) is 33.9 Å². The highest BCUT2D eigenvalue weighted by Crippen LogP contribution is 2.16. The molecule has 0 aliphatic carbocycles. The summed E-state index contributed by atoms with van der Waals surface area (Å²) in [6.45, 7) is 0. The van der Waals surface area contributed by atoms with E-state index in [1.54, 1.807) is 0 Å². The quantitative estimate of drug-likeness (QED) is 0.681. The van der Waals surface area contributed by atoms with Crippen LogP contribution in [0.25, 0.3) is 0 Å². The first kappa shape index (κ1) is 15.2. The molecule has 4 N–H and O–H groups in total. The number of amides is 2. The Balaban J connectivity index is 2.90. The number of pyridine rings is 1. The first-order chi connectivity index (χ1) is 8.81. The van der Waals surface area contributed by atoms with E-state index in [0.29, 0.717) is 0 Å². The number of carbonyl (C=O) groups is 3. The maximum atomic E-state index is 11.8. The molecule has 1 rings (SSSR count). The van der Waals surface area contributed by atoms with Gasteiger partial charge in [-0.25, -0.2) is 9.78 Å². The van der Waals surface area contributed by atoms with Crippen LogP contribution in [-0.2, 0) is 9.59 Å². The summed E-state index contributed by atoms with van der Waals surface area (Å²) in [6.07, 6.45) is -0.542. The number of nitrogens with zero attached hydrogens (tertiary/aromatic N) is 1. The number of halogens is 2. The lowest BCUT2D eigenvalue weighted by Crippen LogP contribution is -2.43. The summed E-state index contributed by atoms with van der Waals surface area (Å²) in [4.78, 5) is 37.0. The average molecular weight is 306 g/mol. The Hall–Kier alpha value is -1.86. The molecule has 102 valence electrons. The van der Waals surface area contributed by atoms with Crippen molar-refractivity contribution < 1.29 is 19.5 Å². The van der Waals surface area contributed by atoms with Gasteiger partial charge in [-0.2, -0.15) is 0 Å². The third-order valence-electron chi connectivity index (χ3n) is 2.04. The number of aliphatic carboxylic acids is 1. The van der Waals surface area contributed by atoms with Gasteiger partial charge in [0.05, 0.1) is 11.4 Å². The number of carboxylic acid groups (broad SMARTS) is 1. The fourth-order valence-corrected chi connectivity index (χ4v) is 1.54. The number of primary amides is 1. The van der Waals surface area contributed by atoms with Crippen molar-refractivity contribution >= 4 is 41.0 Å². The molecule has 0 aliphatic heterocycles. The van der Waals surface area contributed by atoms with Crippen LogP contribution >= 0.6 is 23.2 Å². The van der Waals surface area contributed by atoms with E-state index in [2.05, 4.69) is 10.3 Å². The Bertz CT molecular complexity index is 536. The smallest absolute Gasteiger partial charge is 0.326 e. The second-order valence-electron chi connectivity index (χ2n) is 3.50. The molecule has 0 bridgehead atoms. The van der Waals surface area contributed by atoms with Crippen molar-refractivity contribution in [2.45, 2.75) is 12.5 Å². The van der Waals surface area contributed by atoms with E-state index in [9.17, 15) is 14.4 Å². The Morgan fingerprint density at radius 3 is 2.53 bits per heavy atom. The normalized spacial score (nSPS) is 11.7. The van der Waals surface area contributed by atoms with Gasteiger partial charge in [-0.1, -0.05) is 23.2 Å². The summed E-state index contributed by atoms with van der Waals surface area (Å²) in [5.41, 5.74) is 4.65. The van der Waals surface area contributed by atoms with Crippen LogP contribution in [0.3, 0.4) is 0 Å². The summed E-state index contributed by atoms with van der Waals surface area (Å²) >= 11 is 11.3. The third-order valence-corrected chi connectivity index (χ3v) is 2.55. The second-order valence-corrected chi connectivity index (χ2v) is 4.29. The van der Waals surface area contributed by atoms with Crippen LogP contribution in [0.5, 0.6) is 0 Å². The van der Waals surface area contributed by atoms with E-state index in [1.165, 1.54) is 12.1 Å². The fraction of sp³-hybridized carbons (Fsp3) is 0.200. The Morgan fingerprint density at radius 2 is 2.00 bits per heavy atom. The van der Waals surface area contributed by atoms with Gasteiger partial charge in [0.2, 0.25) is 5.91 Å². The first-order valence-electron chi connectivity index (χ1n) is 4.95. The monoisotopic (exact) mass is 305 g/mol. The van der Waals surface area contributed by atoms with E-state index in [1.807, 2.05) is 0 Å². The van der Waals surface area contributed by atoms with Crippen LogP contribution in [0.2, 0.25) is 10.2 Å². The minimum Gasteiger partial charge on any atom is -0.480 e. The van der Waals surface area contributed by atoms with Crippen LogP contribution < -0.4 is 11.1 Å². The number of carboxylic acids is 1. The average Bonchev–Trinajstić information content (AvgIpc) is 2.30. The van der Waals surface area contributed by atoms with Crippen molar-refractivity contribution in [3.63, 3.8) is 0 Å². The lowest BCUT2D eigenvalue weighted by Gasteiger charge is -2.12. The Kier molecular flexibility index (Phi) is 5.08. The minimum absolute atomic E-state index is 0.00473. The molecule has 1 heterocycles. The number of aromatic nitrogens is 1. The highest BCUT2D eigenvalue weighted by molar-refractivity contribution is 6.34. The molecule has 2 amide bonds. The Labute approximate surface area is 117 Å². The molecule has 1 unspecified atom stereocenters. The van der Waals surface area contributed by atoms with E-state index in [-0.39, 0.29) is 15.9 Å². The Morgan fingerprint density at radius 1 is 1.37 bits per heavy atom. The summed E-state index contributed by atoms with van der Waals surface area (Å²) in [5, 5.41) is 11.0. The number of hydrogen-bond donors (Lipinski definition) is 3. The number of hydrogen-bond acceptors (Lipinski definition) is 4. The fourth-order valence-electron chi connectivity index (χ4n) is 1.21. The zero-order chi connectivity index (χ0) is 14.6. The third kappa shape index (κ3) is 4.38. The molecule has 0 saturated heterocycles. The van der Waals surface area contributed by atoms with Crippen LogP contribution in [0.4, 0.5) is 0 Å². The molecule has 0 saturated carbocycles. The van der Waals surface area contributed by atoms with Gasteiger partial charge in [0.15, 0.2) is 0 Å². The van der Waals surface area contributed by atoms with E-state index >= 15 is 0 Å². The largest absolute Gasteiger partial charge is 0.480 e. The molecule has 1 aromatic rings. The minimum atomic E-state index is -1.46. The van der Waals surface area contributed by atoms with Crippen molar-refractivity contribution in [2.75, 3.05) is 0 Å². The maximum absolute atomic E-state index is 11.8. The van der Waals surface area contributed by atoms with E-state index in [4.69, 9.17) is 34.0 Å². The molecule has 0 fully saturated rings. The zero-order valence-corrected chi connectivity index (χ0v) is 10.9. The van der Waals surface area contributed by atoms with Crippen LogP contribution in [0.1, 0.15) is 16.9 Å². The lowest BCUT2D eigenvalue weighted by molar-refractivity contribution is -0.140. The van der Waals surface area contributed by atoms with Gasteiger partial charge in [-0.3, -0.25) is 9.59 Å². The summed E-state index contributed by atoms with van der Waals surface area (Å²) in [7, 11) is 0. The molecule has 0 aromatic carbocycles. The number of carbonyl (C=O) groups excluding carboxylic acids is 2. The van der Waals surface area contributed by atoms with Crippen molar-refractivity contribution in [3.8, 4) is 0 Å². The van der Waals surface area contributed by atoms with Crippen molar-refractivity contribution in [1.29, 1.82) is 0 Å². The lowest BCUT2D eigenvalue weighted by atomic mass is 10.2. The van der Waals surface area contributed by atoms with Gasteiger partial charge in [-0.05, 0) is 12.1 Å². The predicted molar refractivity (Wildman–Crippen MR) is 67.0 cm³/mol. The first-order valence-corrected chi connectivity index (χ1v) is 5.71. The second kappa shape index (κ2) is 6.35. The summed E-state index contributed by atoms with van der Waals surface area (Å²) in [5.74, 6) is -3.12. The number of nitrogens with one attached hydrogen (secondary N) is 1. The standard InChI is InChI=1S/C10H9Cl2N3O4/c11-4-1-2-6(12)15-8(4)9(17)14-5(10(18)19)3-7(13)16/h1-2,5H,3H2,(H2,13,16)(H,14,17)(H,18,19). The molecule has 0 aliphatic rings. The van der Waals surface area contributed by atoms with Crippen LogP contribution in [0, 0.1) is 0 Å². The summed E-state index contributed by atoms with van der Waals surface area (Å²) in [6, 6.07) is 1.26. The molecule has 1 atom stereocenters. The van der Waals surface area contributed by atoms with Gasteiger partial charge >= 0.3 is 5.97 Å². The molecule has 7 nitrogen and oxygen atoms in total. The zero-order valence-electron chi connectivity index (χ0n) is 9.39. The van der Waals surface area contributed by atoms with Crippen LogP contribution in [0.15, 0.2) is 12.1 Å². The molecule has 0 spiro atoms. The van der Waals surface area contributed by atoms with Gasteiger partial charge in [0.25, 0.3) is 5.91 Å². The van der Waals surface area contributed by atoms with Crippen molar-refractivity contribution in [3.05, 3.63) is 28.0 Å². The van der Waals surface area contributed by atoms with E-state index in [0.717, 1.165) is 0 Å². The summed E-state index contributed by atoms with van der Waals surface area (Å²) < 4.78 is 0. The van der Waals surface area contributed by atoms with E-state index < -0.39 is 30.2 Å². The van der Waals surface area contributed by atoms with Gasteiger partial charge in [0, 0.05) is 0 Å². The highest BCUT2D eigenvalue weighted by Gasteiger charge is 2.24. The molecular formula is C10H9Cl2N3O4. The van der Waals surface area contributed by atoms with Crippen molar-refractivity contribution in [2.24, 2.45) is 5.73 Å². The SMILES string of the molecule is NC(=O)CC(NC(=O)c1nc(Cl)ccc1Cl)C(=O)O. The maximum Gasteiger partial charge on any atom is 0.326 e. The number of nitrogens with two attached hydrogens (primary N) is 1. The van der Waals surface area contributed by atoms with Gasteiger partial charge < -0.3 is 16.2 Å². The van der Waals surface area contributed by atoms with Crippen molar-refractivity contribution in [1.82, 2.24) is 10.3 Å². The number of rotatable bonds is 5.